The maximum Gasteiger partial charge on any atom is -0.147 e. The predicted molar refractivity (Wildman–Crippen MR) is 139 cm³/mol. The van der Waals surface area contributed by atoms with Crippen molar-refractivity contribution in [3.05, 3.63) is 45.6 Å². The molecule has 0 aromatic carbocycles. The first-order chi connectivity index (χ1) is 12.9. The van der Waals surface area contributed by atoms with E-state index in [4.69, 9.17) is 0 Å². The van der Waals surface area contributed by atoms with Gasteiger partial charge in [-0.2, -0.15) is 0 Å². The molecule has 0 spiro atoms. The third-order valence-corrected chi connectivity index (χ3v) is 27.0. The first-order valence-electron chi connectivity index (χ1n) is 11.8. The molecule has 4 rings (SSSR count). The van der Waals surface area contributed by atoms with Crippen molar-refractivity contribution in [3.63, 3.8) is 0 Å². The van der Waals surface area contributed by atoms with Crippen molar-refractivity contribution >= 4 is 31.7 Å². The van der Waals surface area contributed by atoms with E-state index in [0.29, 0.717) is 0 Å². The molecule has 4 aliphatic rings. The molecule has 6 atom stereocenters. The van der Waals surface area contributed by atoms with Crippen LogP contribution in [0.15, 0.2) is 45.6 Å². The Hall–Kier alpha value is 0.640. The van der Waals surface area contributed by atoms with Crippen molar-refractivity contribution in [2.45, 2.75) is 83.7 Å². The molecule has 4 aliphatic carbocycles. The van der Waals surface area contributed by atoms with Gasteiger partial charge in [0.15, 0.2) is 0 Å². The van der Waals surface area contributed by atoms with Gasteiger partial charge < -0.3 is 0 Å². The summed E-state index contributed by atoms with van der Waals surface area (Å²) in [6, 6.07) is 0. The summed E-state index contributed by atoms with van der Waals surface area (Å²) in [6.45, 7) is 17.5. The van der Waals surface area contributed by atoms with E-state index in [-0.39, 0.29) is 24.8 Å². The largest absolute Gasteiger partial charge is 0.147 e. The van der Waals surface area contributed by atoms with Crippen LogP contribution in [0.3, 0.4) is 0 Å². The van der Waals surface area contributed by atoms with Gasteiger partial charge in [0.05, 0.1) is 0 Å². The Morgan fingerprint density at radius 1 is 0.667 bits per heavy atom. The smallest absolute Gasteiger partial charge is 0.147 e. The van der Waals surface area contributed by atoms with E-state index in [1.807, 2.05) is 11.1 Å². The molecule has 0 radical (unpaired) electrons. The van der Waals surface area contributed by atoms with Crippen molar-refractivity contribution in [1.29, 1.82) is 0 Å². The quantitative estimate of drug-likeness (QED) is 0.305. The van der Waals surface area contributed by atoms with Crippen LogP contribution >= 0.6 is 24.8 Å². The van der Waals surface area contributed by atoms with Crippen LogP contribution < -0.4 is 0 Å². The monoisotopic (exact) mass is 544 g/mol. The van der Waals surface area contributed by atoms with E-state index in [1.54, 1.807) is 22.3 Å². The molecule has 170 valence electrons. The molecule has 0 heterocycles. The summed E-state index contributed by atoms with van der Waals surface area (Å²) in [4.78, 5) is 0. The van der Waals surface area contributed by atoms with E-state index in [2.05, 4.69) is 69.8 Å². The van der Waals surface area contributed by atoms with Gasteiger partial charge in [-0.25, -0.2) is 0 Å². The second-order valence-electron chi connectivity index (χ2n) is 12.2. The van der Waals surface area contributed by atoms with Crippen LogP contribution in [0, 0.1) is 23.7 Å². The van der Waals surface area contributed by atoms with E-state index >= 15 is 0 Å². The minimum absolute atomic E-state index is 0. The van der Waals surface area contributed by atoms with E-state index in [1.165, 1.54) is 25.7 Å². The fourth-order valence-electron chi connectivity index (χ4n) is 7.95. The summed E-state index contributed by atoms with van der Waals surface area (Å²) in [5, 5.41) is 0. The summed E-state index contributed by atoms with van der Waals surface area (Å²) in [5.41, 5.74) is 10.7. The molecular weight excluding hydrogens is 503 g/mol. The van der Waals surface area contributed by atoms with Crippen molar-refractivity contribution in [1.82, 2.24) is 0 Å². The standard InChI is InChI=1S/2C12H17.2CH3.2ClH.H2Si.Zr/c2*1-8-6-11-9(2)4-5-10(3)12(11)7-8;;;;;;/h2*6-7,9-10H,4-5H2,1-3H3;2*1H3;2*1H;1H2;. The van der Waals surface area contributed by atoms with Crippen LogP contribution in [0.4, 0.5) is 0 Å². The van der Waals surface area contributed by atoms with Gasteiger partial charge in [0.2, 0.25) is 0 Å². The zero-order chi connectivity index (χ0) is 20.6. The topological polar surface area (TPSA) is 0 Å². The van der Waals surface area contributed by atoms with Crippen LogP contribution in [0.1, 0.15) is 67.2 Å². The van der Waals surface area contributed by atoms with Crippen LogP contribution in [0.2, 0.25) is 16.5 Å². The summed E-state index contributed by atoms with van der Waals surface area (Å²) in [7, 11) is 0. The Morgan fingerprint density at radius 3 is 1.30 bits per heavy atom. The number of hydrogen-bond donors (Lipinski definition) is 0. The summed E-state index contributed by atoms with van der Waals surface area (Å²) in [5.74, 6) is 3.10. The van der Waals surface area contributed by atoms with Crippen molar-refractivity contribution in [2.75, 3.05) is 0 Å². The first-order valence-corrected chi connectivity index (χ1v) is 25.5. The third kappa shape index (κ3) is 3.93. The van der Waals surface area contributed by atoms with Crippen molar-refractivity contribution in [3.8, 4) is 0 Å². The molecule has 0 aromatic rings. The summed E-state index contributed by atoms with van der Waals surface area (Å²) in [6.07, 6.45) is 10.8. The molecule has 0 nitrogen and oxygen atoms in total. The van der Waals surface area contributed by atoms with Crippen LogP contribution in [-0.4, -0.2) is 6.88 Å². The number of allylic oxidation sites excluding steroid dienone is 8. The minimum atomic E-state index is -3.17. The van der Waals surface area contributed by atoms with E-state index in [9.17, 15) is 0 Å². The fourth-order valence-corrected chi connectivity index (χ4v) is 30.2. The minimum Gasteiger partial charge on any atom is -0.147 e. The molecule has 0 aliphatic heterocycles. The molecular formula is C26H44Cl2SiZr. The van der Waals surface area contributed by atoms with Gasteiger partial charge in [-0.05, 0) is 0 Å². The van der Waals surface area contributed by atoms with E-state index < -0.39 is 17.4 Å². The van der Waals surface area contributed by atoms with Crippen molar-refractivity contribution in [2.24, 2.45) is 23.7 Å². The average Bonchev–Trinajstić information content (AvgIpc) is 3.14. The molecule has 0 saturated carbocycles. The van der Waals surface area contributed by atoms with Crippen LogP contribution in [0.5, 0.6) is 0 Å². The number of hydrogen-bond acceptors (Lipinski definition) is 0. The van der Waals surface area contributed by atoms with Gasteiger partial charge in [0.25, 0.3) is 0 Å². The van der Waals surface area contributed by atoms with Crippen LogP contribution in [0.25, 0.3) is 0 Å². The van der Waals surface area contributed by atoms with Gasteiger partial charge in [0.1, 0.15) is 0 Å². The molecule has 30 heavy (non-hydrogen) atoms. The van der Waals surface area contributed by atoms with Gasteiger partial charge in [-0.15, -0.1) is 24.8 Å². The molecule has 0 amide bonds. The second kappa shape index (κ2) is 8.77. The van der Waals surface area contributed by atoms with Gasteiger partial charge in [-0.1, -0.05) is 0 Å². The molecule has 0 saturated heterocycles. The Balaban J connectivity index is 0.00000160. The normalized spacial score (nSPS) is 36.4. The number of rotatable bonds is 2. The molecule has 0 N–H and O–H groups in total. The van der Waals surface area contributed by atoms with Gasteiger partial charge in [0, 0.05) is 0 Å². The SMILES string of the molecule is CC1=CC2=C(C(C)CCC2C)[CH]1[Zr]([CH3])([CH3])(=[SiH2])[CH]1C(C)=CC2=C1C(C)CCC2C.Cl.Cl. The number of halogens is 2. The molecule has 6 unspecified atom stereocenters. The molecule has 4 heteroatoms. The van der Waals surface area contributed by atoms with Gasteiger partial charge in [-0.3, -0.25) is 0 Å². The summed E-state index contributed by atoms with van der Waals surface area (Å²) >= 11 is -3.17. The molecule has 0 aromatic heterocycles. The molecule has 0 fully saturated rings. The van der Waals surface area contributed by atoms with Gasteiger partial charge >= 0.3 is 177 Å². The molecule has 0 bridgehead atoms. The zero-order valence-electron chi connectivity index (χ0n) is 20.5. The Labute approximate surface area is 200 Å². The second-order valence-corrected chi connectivity index (χ2v) is 42.6. The Kier molecular flexibility index (Phi) is 7.86. The van der Waals surface area contributed by atoms with E-state index in [0.717, 1.165) is 30.9 Å². The van der Waals surface area contributed by atoms with Crippen LogP contribution in [-0.2, 0) is 17.4 Å². The summed E-state index contributed by atoms with van der Waals surface area (Å²) < 4.78 is 7.23. The maximum atomic E-state index is 2.83. The average molecular weight is 547 g/mol. The van der Waals surface area contributed by atoms with Crippen molar-refractivity contribution < 1.29 is 17.4 Å². The predicted octanol–water partition coefficient (Wildman–Crippen LogP) is 8.39. The third-order valence-electron chi connectivity index (χ3n) is 9.05. The maximum absolute atomic E-state index is 3.17. The Morgan fingerprint density at radius 2 is 0.967 bits per heavy atom. The Bertz CT molecular complexity index is 845. The first kappa shape index (κ1) is 26.9. The fraction of sp³-hybridized carbons (Fsp3) is 0.692. The zero-order valence-corrected chi connectivity index (χ0v) is 26.0.